The molecule has 3 heteroatoms. The number of hydrogen-bond acceptors (Lipinski definition) is 3. The Kier molecular flexibility index (Phi) is 2.21. The van der Waals surface area contributed by atoms with Crippen LogP contribution in [0.5, 0.6) is 5.75 Å². The second kappa shape index (κ2) is 3.14. The van der Waals surface area contributed by atoms with Crippen molar-refractivity contribution in [2.45, 2.75) is 6.92 Å². The van der Waals surface area contributed by atoms with Gasteiger partial charge in [0.1, 0.15) is 5.75 Å². The van der Waals surface area contributed by atoms with Crippen LogP contribution in [-0.2, 0) is 0 Å². The molecule has 0 unspecified atom stereocenters. The fraction of sp³-hybridized carbons (Fsp3) is 0.250. The van der Waals surface area contributed by atoms with Gasteiger partial charge in [-0.1, -0.05) is 0 Å². The molecule has 0 aromatic carbocycles. The Morgan fingerprint density at radius 2 is 2.36 bits per heavy atom. The van der Waals surface area contributed by atoms with Gasteiger partial charge in [0.25, 0.3) is 0 Å². The number of carbonyl (C=O) groups excluding carboxylic acids is 1. The van der Waals surface area contributed by atoms with Crippen molar-refractivity contribution in [1.82, 2.24) is 4.98 Å². The van der Waals surface area contributed by atoms with Gasteiger partial charge >= 0.3 is 0 Å². The Labute approximate surface area is 65.0 Å². The summed E-state index contributed by atoms with van der Waals surface area (Å²) in [6.07, 6.45) is 2.23. The molecule has 0 saturated carbocycles. The van der Waals surface area contributed by atoms with Gasteiger partial charge in [-0.3, -0.25) is 9.78 Å². The quantitative estimate of drug-likeness (QED) is 0.596. The van der Waals surface area contributed by atoms with Gasteiger partial charge in [-0.15, -0.1) is 0 Å². The lowest BCUT2D eigenvalue weighted by atomic mass is 10.2. The maximum atomic E-state index is 10.4. The van der Waals surface area contributed by atoms with Crippen LogP contribution in [0.1, 0.15) is 16.1 Å². The molecule has 0 saturated heterocycles. The zero-order chi connectivity index (χ0) is 8.27. The Morgan fingerprint density at radius 3 is 2.91 bits per heavy atom. The Bertz CT molecular complexity index is 271. The van der Waals surface area contributed by atoms with Crippen molar-refractivity contribution in [2.24, 2.45) is 0 Å². The van der Waals surface area contributed by atoms with Crippen molar-refractivity contribution in [3.05, 3.63) is 23.5 Å². The number of carbonyl (C=O) groups is 1. The fourth-order valence-electron chi connectivity index (χ4n) is 0.811. The number of nitrogens with zero attached hydrogens (tertiary/aromatic N) is 1. The summed E-state index contributed by atoms with van der Waals surface area (Å²) in [6.45, 7) is 1.84. The van der Waals surface area contributed by atoms with E-state index in [0.29, 0.717) is 11.3 Å². The van der Waals surface area contributed by atoms with Crippen molar-refractivity contribution >= 4 is 6.29 Å². The molecule has 0 spiro atoms. The lowest BCUT2D eigenvalue weighted by Gasteiger charge is -2.02. The fourth-order valence-corrected chi connectivity index (χ4v) is 0.811. The predicted molar refractivity (Wildman–Crippen MR) is 40.9 cm³/mol. The zero-order valence-electron chi connectivity index (χ0n) is 6.50. The maximum absolute atomic E-state index is 10.4. The summed E-state index contributed by atoms with van der Waals surface area (Å²) < 4.78 is 4.95. The molecule has 11 heavy (non-hydrogen) atoms. The molecule has 0 radical (unpaired) electrons. The van der Waals surface area contributed by atoms with Crippen LogP contribution >= 0.6 is 0 Å². The third-order valence-corrected chi connectivity index (χ3v) is 1.38. The molecule has 1 heterocycles. The van der Waals surface area contributed by atoms with Crippen LogP contribution in [0.2, 0.25) is 0 Å². The highest BCUT2D eigenvalue weighted by molar-refractivity contribution is 5.78. The molecule has 0 atom stereocenters. The van der Waals surface area contributed by atoms with Gasteiger partial charge < -0.3 is 4.74 Å². The molecule has 0 aliphatic rings. The van der Waals surface area contributed by atoms with Crippen LogP contribution in [0, 0.1) is 6.92 Å². The third kappa shape index (κ3) is 1.55. The van der Waals surface area contributed by atoms with E-state index in [0.717, 1.165) is 12.0 Å². The first kappa shape index (κ1) is 7.72. The number of pyridine rings is 1. The van der Waals surface area contributed by atoms with E-state index in [9.17, 15) is 4.79 Å². The Hall–Kier alpha value is -1.38. The Morgan fingerprint density at radius 1 is 1.64 bits per heavy atom. The van der Waals surface area contributed by atoms with Crippen LogP contribution in [0.4, 0.5) is 0 Å². The smallest absolute Gasteiger partial charge is 0.155 e. The molecule has 1 rings (SSSR count). The number of rotatable bonds is 2. The molecular weight excluding hydrogens is 142 g/mol. The zero-order valence-corrected chi connectivity index (χ0v) is 6.50. The van der Waals surface area contributed by atoms with E-state index in [4.69, 9.17) is 4.74 Å². The van der Waals surface area contributed by atoms with Gasteiger partial charge in [-0.2, -0.15) is 0 Å². The van der Waals surface area contributed by atoms with Crippen LogP contribution in [0.25, 0.3) is 0 Å². The van der Waals surface area contributed by atoms with Crippen LogP contribution in [0.15, 0.2) is 12.3 Å². The van der Waals surface area contributed by atoms with Crippen molar-refractivity contribution in [3.63, 3.8) is 0 Å². The van der Waals surface area contributed by atoms with Crippen molar-refractivity contribution in [1.29, 1.82) is 0 Å². The van der Waals surface area contributed by atoms with E-state index in [2.05, 4.69) is 4.98 Å². The summed E-state index contributed by atoms with van der Waals surface area (Å²) in [5.74, 6) is 0.576. The minimum absolute atomic E-state index is 0.484. The molecule has 3 nitrogen and oxygen atoms in total. The van der Waals surface area contributed by atoms with Gasteiger partial charge in [0, 0.05) is 18.0 Å². The first-order chi connectivity index (χ1) is 5.27. The lowest BCUT2D eigenvalue weighted by Crippen LogP contribution is -1.92. The molecule has 1 aromatic rings. The molecule has 0 amide bonds. The van der Waals surface area contributed by atoms with E-state index >= 15 is 0 Å². The number of hydrogen-bond donors (Lipinski definition) is 0. The summed E-state index contributed by atoms with van der Waals surface area (Å²) in [4.78, 5) is 14.3. The number of aldehydes is 1. The molecular formula is C8H9NO2. The van der Waals surface area contributed by atoms with Gasteiger partial charge in [0.05, 0.1) is 12.7 Å². The normalized spacial score (nSPS) is 9.27. The van der Waals surface area contributed by atoms with Gasteiger partial charge in [-0.05, 0) is 6.92 Å². The van der Waals surface area contributed by atoms with Crippen LogP contribution in [0.3, 0.4) is 0 Å². The highest BCUT2D eigenvalue weighted by Crippen LogP contribution is 2.15. The SMILES string of the molecule is COc1cc(C)ncc1C=O. The molecule has 0 N–H and O–H groups in total. The third-order valence-electron chi connectivity index (χ3n) is 1.38. The predicted octanol–water partition coefficient (Wildman–Crippen LogP) is 1.21. The van der Waals surface area contributed by atoms with E-state index < -0.39 is 0 Å². The van der Waals surface area contributed by atoms with Crippen LogP contribution in [-0.4, -0.2) is 18.4 Å². The largest absolute Gasteiger partial charge is 0.496 e. The monoisotopic (exact) mass is 151 g/mol. The number of aryl methyl sites for hydroxylation is 1. The summed E-state index contributed by atoms with van der Waals surface area (Å²) >= 11 is 0. The summed E-state index contributed by atoms with van der Waals surface area (Å²) in [6, 6.07) is 1.73. The first-order valence-electron chi connectivity index (χ1n) is 3.23. The Balaban J connectivity index is 3.16. The molecule has 0 aliphatic heterocycles. The minimum atomic E-state index is 0.484. The average molecular weight is 151 g/mol. The summed E-state index contributed by atoms with van der Waals surface area (Å²) in [5.41, 5.74) is 1.32. The van der Waals surface area contributed by atoms with Crippen molar-refractivity contribution in [2.75, 3.05) is 7.11 Å². The summed E-state index contributed by atoms with van der Waals surface area (Å²) in [5, 5.41) is 0. The lowest BCUT2D eigenvalue weighted by molar-refractivity contribution is 0.112. The summed E-state index contributed by atoms with van der Waals surface area (Å²) in [7, 11) is 1.53. The number of methoxy groups -OCH3 is 1. The topological polar surface area (TPSA) is 39.2 Å². The molecule has 0 bridgehead atoms. The maximum Gasteiger partial charge on any atom is 0.155 e. The minimum Gasteiger partial charge on any atom is -0.496 e. The van der Waals surface area contributed by atoms with Gasteiger partial charge in [0.2, 0.25) is 0 Å². The number of ether oxygens (including phenoxy) is 1. The molecule has 58 valence electrons. The van der Waals surface area contributed by atoms with Gasteiger partial charge in [0.15, 0.2) is 6.29 Å². The highest BCUT2D eigenvalue weighted by atomic mass is 16.5. The molecule has 1 aromatic heterocycles. The van der Waals surface area contributed by atoms with E-state index in [1.165, 1.54) is 13.3 Å². The van der Waals surface area contributed by atoms with E-state index in [1.807, 2.05) is 6.92 Å². The standard InChI is InChI=1S/C8H9NO2/c1-6-3-8(11-2)7(5-10)4-9-6/h3-5H,1-2H3. The van der Waals surface area contributed by atoms with Crippen LogP contribution < -0.4 is 4.74 Å². The number of aromatic nitrogens is 1. The second-order valence-corrected chi connectivity index (χ2v) is 2.19. The molecule has 0 aliphatic carbocycles. The van der Waals surface area contributed by atoms with E-state index in [-0.39, 0.29) is 0 Å². The van der Waals surface area contributed by atoms with Gasteiger partial charge in [-0.25, -0.2) is 0 Å². The van der Waals surface area contributed by atoms with Crippen molar-refractivity contribution < 1.29 is 9.53 Å². The first-order valence-corrected chi connectivity index (χ1v) is 3.23. The average Bonchev–Trinajstić information content (AvgIpc) is 2.04. The van der Waals surface area contributed by atoms with Crippen molar-refractivity contribution in [3.8, 4) is 5.75 Å². The highest BCUT2D eigenvalue weighted by Gasteiger charge is 2.00. The second-order valence-electron chi connectivity index (χ2n) is 2.19. The van der Waals surface area contributed by atoms with E-state index in [1.54, 1.807) is 6.07 Å². The molecule has 0 fully saturated rings.